The molecule has 0 N–H and O–H groups in total. The van der Waals surface area contributed by atoms with Crippen molar-refractivity contribution in [1.29, 1.82) is 0 Å². The van der Waals surface area contributed by atoms with Crippen LogP contribution >= 0.6 is 11.3 Å². The van der Waals surface area contributed by atoms with Crippen LogP contribution in [-0.4, -0.2) is 0 Å². The number of hydrogen-bond donors (Lipinski definition) is 0. The summed E-state index contributed by atoms with van der Waals surface area (Å²) in [7, 11) is 0. The van der Waals surface area contributed by atoms with E-state index in [4.69, 9.17) is 0 Å². The van der Waals surface area contributed by atoms with Crippen molar-refractivity contribution in [2.45, 2.75) is 51.9 Å². The molecule has 0 fully saturated rings. The highest BCUT2D eigenvalue weighted by Gasteiger charge is 2.18. The summed E-state index contributed by atoms with van der Waals surface area (Å²) < 4.78 is 1.50. The zero-order chi connectivity index (χ0) is 12.0. The van der Waals surface area contributed by atoms with E-state index in [9.17, 15) is 0 Å². The lowest BCUT2D eigenvalue weighted by Crippen LogP contribution is -2.10. The third-order valence-corrected chi connectivity index (χ3v) is 5.08. The van der Waals surface area contributed by atoms with Gasteiger partial charge in [-0.15, -0.1) is 11.3 Å². The second-order valence-electron chi connectivity index (χ2n) is 6.17. The zero-order valence-electron chi connectivity index (χ0n) is 11.0. The van der Waals surface area contributed by atoms with Crippen LogP contribution in [-0.2, 0) is 18.3 Å². The molecule has 17 heavy (non-hydrogen) atoms. The predicted octanol–water partition coefficient (Wildman–Crippen LogP) is 5.08. The highest BCUT2D eigenvalue weighted by Crippen LogP contribution is 2.38. The molecule has 1 aliphatic rings. The number of rotatable bonds is 0. The van der Waals surface area contributed by atoms with E-state index in [2.05, 4.69) is 39.0 Å². The molecular weight excluding hydrogens is 224 g/mol. The molecule has 1 aromatic heterocycles. The zero-order valence-corrected chi connectivity index (χ0v) is 11.8. The summed E-state index contributed by atoms with van der Waals surface area (Å²) in [5, 5.41) is 1.53. The standard InChI is InChI=1S/C16H20S/c1-16(2,3)11-8-9-13-12-6-4-5-7-14(12)17-15(13)10-11/h8-10H,4-7H2,1-3H3. The molecule has 1 aliphatic carbocycles. The maximum Gasteiger partial charge on any atom is 0.0351 e. The van der Waals surface area contributed by atoms with Gasteiger partial charge in [0.05, 0.1) is 0 Å². The molecule has 0 radical (unpaired) electrons. The van der Waals surface area contributed by atoms with Crippen molar-refractivity contribution in [3.63, 3.8) is 0 Å². The smallest absolute Gasteiger partial charge is 0.0351 e. The average Bonchev–Trinajstić information content (AvgIpc) is 2.65. The van der Waals surface area contributed by atoms with Gasteiger partial charge < -0.3 is 0 Å². The lowest BCUT2D eigenvalue weighted by molar-refractivity contribution is 0.591. The minimum absolute atomic E-state index is 0.263. The Morgan fingerprint density at radius 3 is 2.59 bits per heavy atom. The first kappa shape index (κ1) is 11.3. The van der Waals surface area contributed by atoms with Crippen molar-refractivity contribution in [2.24, 2.45) is 0 Å². The Bertz CT molecular complexity index is 555. The van der Waals surface area contributed by atoms with Crippen LogP contribution in [0.5, 0.6) is 0 Å². The van der Waals surface area contributed by atoms with Crippen molar-refractivity contribution in [3.8, 4) is 0 Å². The molecule has 1 aromatic carbocycles. The van der Waals surface area contributed by atoms with Crippen molar-refractivity contribution >= 4 is 21.4 Å². The Labute approximate surface area is 108 Å². The summed E-state index contributed by atoms with van der Waals surface area (Å²) in [5.41, 5.74) is 3.37. The second-order valence-corrected chi connectivity index (χ2v) is 7.31. The molecular formula is C16H20S. The number of thiophene rings is 1. The highest BCUT2D eigenvalue weighted by molar-refractivity contribution is 7.19. The Kier molecular flexibility index (Phi) is 2.55. The normalized spacial score (nSPS) is 16.2. The van der Waals surface area contributed by atoms with Crippen molar-refractivity contribution in [2.75, 3.05) is 0 Å². The molecule has 0 spiro atoms. The molecule has 0 atom stereocenters. The van der Waals surface area contributed by atoms with Crippen molar-refractivity contribution < 1.29 is 0 Å². The van der Waals surface area contributed by atoms with Gasteiger partial charge in [-0.3, -0.25) is 0 Å². The van der Waals surface area contributed by atoms with Gasteiger partial charge in [0.25, 0.3) is 0 Å². The van der Waals surface area contributed by atoms with E-state index in [1.54, 1.807) is 10.4 Å². The van der Waals surface area contributed by atoms with Crippen LogP contribution < -0.4 is 0 Å². The van der Waals surface area contributed by atoms with E-state index in [-0.39, 0.29) is 5.41 Å². The van der Waals surface area contributed by atoms with Crippen LogP contribution in [0.3, 0.4) is 0 Å². The summed E-state index contributed by atoms with van der Waals surface area (Å²) in [4.78, 5) is 1.65. The monoisotopic (exact) mass is 244 g/mol. The van der Waals surface area contributed by atoms with Gasteiger partial charge in [-0.2, -0.15) is 0 Å². The molecule has 0 unspecified atom stereocenters. The van der Waals surface area contributed by atoms with Gasteiger partial charge in [0.1, 0.15) is 0 Å². The molecule has 0 amide bonds. The van der Waals surface area contributed by atoms with Gasteiger partial charge in [-0.05, 0) is 53.7 Å². The third-order valence-electron chi connectivity index (χ3n) is 3.82. The van der Waals surface area contributed by atoms with Crippen LogP contribution in [0.15, 0.2) is 18.2 Å². The molecule has 0 nitrogen and oxygen atoms in total. The summed E-state index contributed by atoms with van der Waals surface area (Å²) in [6.45, 7) is 6.88. The van der Waals surface area contributed by atoms with E-state index >= 15 is 0 Å². The minimum atomic E-state index is 0.263. The Morgan fingerprint density at radius 2 is 1.82 bits per heavy atom. The number of aryl methyl sites for hydroxylation is 2. The topological polar surface area (TPSA) is 0 Å². The van der Waals surface area contributed by atoms with Gasteiger partial charge in [-0.25, -0.2) is 0 Å². The van der Waals surface area contributed by atoms with Crippen molar-refractivity contribution in [3.05, 3.63) is 34.2 Å². The fourth-order valence-electron chi connectivity index (χ4n) is 2.73. The molecule has 0 saturated heterocycles. The van der Waals surface area contributed by atoms with Gasteiger partial charge >= 0.3 is 0 Å². The summed E-state index contributed by atoms with van der Waals surface area (Å²) in [6, 6.07) is 7.10. The van der Waals surface area contributed by atoms with Gasteiger partial charge in [0.2, 0.25) is 0 Å². The van der Waals surface area contributed by atoms with E-state index in [0.717, 1.165) is 0 Å². The lowest BCUT2D eigenvalue weighted by atomic mass is 9.86. The first-order valence-corrected chi connectivity index (χ1v) is 7.42. The van der Waals surface area contributed by atoms with Crippen LogP contribution in [0.4, 0.5) is 0 Å². The van der Waals surface area contributed by atoms with Crippen LogP contribution in [0.1, 0.15) is 49.6 Å². The molecule has 2 aromatic rings. The summed E-state index contributed by atoms with van der Waals surface area (Å²) >= 11 is 2.03. The quantitative estimate of drug-likeness (QED) is 0.606. The Hall–Kier alpha value is -0.820. The number of hydrogen-bond acceptors (Lipinski definition) is 1. The number of benzene rings is 1. The SMILES string of the molecule is CC(C)(C)c1ccc2c3c(sc2c1)CCCC3. The first-order valence-electron chi connectivity index (χ1n) is 6.60. The van der Waals surface area contributed by atoms with E-state index in [0.29, 0.717) is 0 Å². The minimum Gasteiger partial charge on any atom is -0.140 e. The molecule has 0 saturated carbocycles. The van der Waals surface area contributed by atoms with E-state index in [1.807, 2.05) is 11.3 Å². The average molecular weight is 244 g/mol. The van der Waals surface area contributed by atoms with Crippen LogP contribution in [0.25, 0.3) is 10.1 Å². The lowest BCUT2D eigenvalue weighted by Gasteiger charge is -2.18. The van der Waals surface area contributed by atoms with Gasteiger partial charge in [0.15, 0.2) is 0 Å². The third kappa shape index (κ3) is 1.91. The maximum atomic E-state index is 2.42. The maximum absolute atomic E-state index is 2.42. The first-order chi connectivity index (χ1) is 8.05. The Morgan fingerprint density at radius 1 is 1.06 bits per heavy atom. The second kappa shape index (κ2) is 3.84. The van der Waals surface area contributed by atoms with Crippen molar-refractivity contribution in [1.82, 2.24) is 0 Å². The largest absolute Gasteiger partial charge is 0.140 e. The molecule has 1 heteroatoms. The van der Waals surface area contributed by atoms with E-state index < -0.39 is 0 Å². The van der Waals surface area contributed by atoms with Crippen LogP contribution in [0.2, 0.25) is 0 Å². The molecule has 0 bridgehead atoms. The highest BCUT2D eigenvalue weighted by atomic mass is 32.1. The fraction of sp³-hybridized carbons (Fsp3) is 0.500. The summed E-state index contributed by atoms with van der Waals surface area (Å²) in [6.07, 6.45) is 5.36. The molecule has 1 heterocycles. The predicted molar refractivity (Wildman–Crippen MR) is 77.2 cm³/mol. The number of fused-ring (bicyclic) bond motifs is 3. The van der Waals surface area contributed by atoms with Gasteiger partial charge in [-0.1, -0.05) is 32.9 Å². The van der Waals surface area contributed by atoms with E-state index in [1.165, 1.54) is 41.3 Å². The molecule has 3 rings (SSSR count). The fourth-order valence-corrected chi connectivity index (χ4v) is 4.06. The van der Waals surface area contributed by atoms with Gasteiger partial charge in [0, 0.05) is 9.58 Å². The van der Waals surface area contributed by atoms with Crippen LogP contribution in [0, 0.1) is 0 Å². The molecule has 0 aliphatic heterocycles. The molecule has 90 valence electrons. The summed E-state index contributed by atoms with van der Waals surface area (Å²) in [5.74, 6) is 0. The Balaban J connectivity index is 2.18.